The SMILES string of the molecule is Cc1cccc(S(=O)(=O)N=C(N(C)C)N2CC(c3ccccc3)C(c3ccc(Cl)cc3)=N2)c1. The zero-order valence-corrected chi connectivity index (χ0v) is 20.3. The molecule has 0 saturated heterocycles. The first-order valence-corrected chi connectivity index (χ1v) is 12.3. The first kappa shape index (κ1) is 23.0. The number of benzene rings is 3. The van der Waals surface area contributed by atoms with E-state index < -0.39 is 10.0 Å². The zero-order valence-electron chi connectivity index (χ0n) is 18.7. The van der Waals surface area contributed by atoms with Crippen molar-refractivity contribution in [2.45, 2.75) is 17.7 Å². The molecule has 0 aliphatic carbocycles. The van der Waals surface area contributed by atoms with Gasteiger partial charge in [0.25, 0.3) is 10.0 Å². The molecule has 1 atom stereocenters. The highest BCUT2D eigenvalue weighted by Gasteiger charge is 2.33. The van der Waals surface area contributed by atoms with Crippen molar-refractivity contribution in [2.75, 3.05) is 20.6 Å². The Morgan fingerprint density at radius 3 is 2.36 bits per heavy atom. The monoisotopic (exact) mass is 480 g/mol. The molecule has 170 valence electrons. The molecular weight excluding hydrogens is 456 g/mol. The molecule has 0 radical (unpaired) electrons. The van der Waals surface area contributed by atoms with Crippen molar-refractivity contribution >= 4 is 33.3 Å². The average Bonchev–Trinajstić information content (AvgIpc) is 3.23. The van der Waals surface area contributed by atoms with Gasteiger partial charge in [-0.15, -0.1) is 4.40 Å². The van der Waals surface area contributed by atoms with Crippen LogP contribution < -0.4 is 0 Å². The molecule has 1 aliphatic rings. The summed E-state index contributed by atoms with van der Waals surface area (Å²) in [5, 5.41) is 7.14. The molecule has 0 saturated carbocycles. The van der Waals surface area contributed by atoms with Crippen molar-refractivity contribution in [1.29, 1.82) is 0 Å². The quantitative estimate of drug-likeness (QED) is 0.399. The number of aryl methyl sites for hydroxylation is 1. The third-order valence-corrected chi connectivity index (χ3v) is 6.88. The summed E-state index contributed by atoms with van der Waals surface area (Å²) in [6.45, 7) is 2.31. The molecule has 0 N–H and O–H groups in total. The van der Waals surface area contributed by atoms with Crippen LogP contribution in [0.3, 0.4) is 0 Å². The molecule has 0 spiro atoms. The molecule has 0 aromatic heterocycles. The second-order valence-electron chi connectivity index (χ2n) is 8.11. The van der Waals surface area contributed by atoms with Gasteiger partial charge in [0, 0.05) is 25.0 Å². The fourth-order valence-corrected chi connectivity index (χ4v) is 5.04. The molecule has 0 amide bonds. The number of halogens is 1. The van der Waals surface area contributed by atoms with Gasteiger partial charge in [0.1, 0.15) is 0 Å². The maximum Gasteiger partial charge on any atom is 0.285 e. The Morgan fingerprint density at radius 2 is 1.73 bits per heavy atom. The van der Waals surface area contributed by atoms with E-state index in [-0.39, 0.29) is 16.8 Å². The van der Waals surface area contributed by atoms with E-state index in [0.717, 1.165) is 22.4 Å². The van der Waals surface area contributed by atoms with Gasteiger partial charge in [-0.3, -0.25) is 0 Å². The van der Waals surface area contributed by atoms with Gasteiger partial charge < -0.3 is 4.90 Å². The number of rotatable bonds is 4. The topological polar surface area (TPSA) is 65.3 Å². The minimum absolute atomic E-state index is 0.0563. The molecule has 0 fully saturated rings. The molecular formula is C25H25ClN4O2S. The lowest BCUT2D eigenvalue weighted by Crippen LogP contribution is -2.37. The van der Waals surface area contributed by atoms with E-state index in [0.29, 0.717) is 11.6 Å². The normalized spacial score (nSPS) is 16.6. The molecule has 3 aromatic rings. The summed E-state index contributed by atoms with van der Waals surface area (Å²) in [7, 11) is -0.393. The van der Waals surface area contributed by atoms with Gasteiger partial charge in [-0.2, -0.15) is 13.5 Å². The van der Waals surface area contributed by atoms with Crippen LogP contribution in [-0.4, -0.2) is 50.6 Å². The van der Waals surface area contributed by atoms with Crippen LogP contribution in [0.5, 0.6) is 0 Å². The number of hydrogen-bond acceptors (Lipinski definition) is 3. The van der Waals surface area contributed by atoms with Crippen LogP contribution in [0, 0.1) is 6.92 Å². The Kier molecular flexibility index (Phi) is 6.54. The van der Waals surface area contributed by atoms with Crippen molar-refractivity contribution in [2.24, 2.45) is 9.50 Å². The number of guanidine groups is 1. The lowest BCUT2D eigenvalue weighted by atomic mass is 9.91. The fourth-order valence-electron chi connectivity index (χ4n) is 3.75. The molecule has 3 aromatic carbocycles. The fraction of sp³-hybridized carbons (Fsp3) is 0.200. The summed E-state index contributed by atoms with van der Waals surface area (Å²) in [6.07, 6.45) is 0. The molecule has 1 aliphatic heterocycles. The Balaban J connectivity index is 1.78. The zero-order chi connectivity index (χ0) is 23.6. The predicted octanol–water partition coefficient (Wildman–Crippen LogP) is 4.76. The van der Waals surface area contributed by atoms with Crippen LogP contribution in [0.2, 0.25) is 5.02 Å². The summed E-state index contributed by atoms with van der Waals surface area (Å²) in [4.78, 5) is 1.83. The van der Waals surface area contributed by atoms with Crippen molar-refractivity contribution in [3.05, 3.63) is 101 Å². The molecule has 33 heavy (non-hydrogen) atoms. The first-order valence-electron chi connectivity index (χ1n) is 10.5. The highest BCUT2D eigenvalue weighted by molar-refractivity contribution is 7.90. The van der Waals surface area contributed by atoms with Crippen molar-refractivity contribution in [3.8, 4) is 0 Å². The maximum absolute atomic E-state index is 13.1. The summed E-state index contributed by atoms with van der Waals surface area (Å²) in [5.74, 6) is 0.195. The maximum atomic E-state index is 13.1. The molecule has 1 unspecified atom stereocenters. The van der Waals surface area contributed by atoms with E-state index in [1.807, 2.05) is 55.5 Å². The van der Waals surface area contributed by atoms with Gasteiger partial charge in [-0.25, -0.2) is 5.01 Å². The van der Waals surface area contributed by atoms with Gasteiger partial charge in [0.15, 0.2) is 0 Å². The van der Waals surface area contributed by atoms with E-state index >= 15 is 0 Å². The summed E-state index contributed by atoms with van der Waals surface area (Å²) < 4.78 is 30.4. The number of hydrogen-bond donors (Lipinski definition) is 0. The highest BCUT2D eigenvalue weighted by Crippen LogP contribution is 2.30. The van der Waals surface area contributed by atoms with Crippen molar-refractivity contribution < 1.29 is 8.42 Å². The number of nitrogens with zero attached hydrogens (tertiary/aromatic N) is 4. The van der Waals surface area contributed by atoms with E-state index in [1.54, 1.807) is 42.2 Å². The Morgan fingerprint density at radius 1 is 1.03 bits per heavy atom. The first-order chi connectivity index (χ1) is 15.7. The molecule has 6 nitrogen and oxygen atoms in total. The van der Waals surface area contributed by atoms with Crippen LogP contribution in [0.1, 0.15) is 22.6 Å². The smallest absolute Gasteiger partial charge is 0.285 e. The number of hydrazone groups is 1. The lowest BCUT2D eigenvalue weighted by Gasteiger charge is -2.23. The van der Waals surface area contributed by atoms with Crippen LogP contribution in [0.25, 0.3) is 0 Å². The van der Waals surface area contributed by atoms with Crippen LogP contribution in [0.15, 0.2) is 93.3 Å². The lowest BCUT2D eigenvalue weighted by molar-refractivity contribution is 0.404. The van der Waals surface area contributed by atoms with Crippen LogP contribution in [0.4, 0.5) is 0 Å². The Labute approximate surface area is 199 Å². The standard InChI is InChI=1S/C25H25ClN4O2S/c1-18-8-7-11-22(16-18)33(31,32)28-25(29(2)3)30-17-23(19-9-5-4-6-10-19)24(27-30)20-12-14-21(26)15-13-20/h4-16,23H,17H2,1-3H3. The largest absolute Gasteiger partial charge is 0.347 e. The van der Waals surface area contributed by atoms with Gasteiger partial charge in [-0.1, -0.05) is 66.2 Å². The van der Waals surface area contributed by atoms with E-state index in [9.17, 15) is 8.42 Å². The van der Waals surface area contributed by atoms with Crippen molar-refractivity contribution in [3.63, 3.8) is 0 Å². The van der Waals surface area contributed by atoms with Crippen molar-refractivity contribution in [1.82, 2.24) is 9.91 Å². The van der Waals surface area contributed by atoms with Gasteiger partial charge in [-0.05, 0) is 47.9 Å². The van der Waals surface area contributed by atoms with E-state index in [1.165, 1.54) is 0 Å². The molecule has 1 heterocycles. The molecule has 8 heteroatoms. The summed E-state index contributed by atoms with van der Waals surface area (Å²) >= 11 is 6.09. The minimum atomic E-state index is -3.92. The predicted molar refractivity (Wildman–Crippen MR) is 133 cm³/mol. The Bertz CT molecular complexity index is 1300. The summed E-state index contributed by atoms with van der Waals surface area (Å²) in [5.41, 5.74) is 3.70. The van der Waals surface area contributed by atoms with Crippen LogP contribution in [-0.2, 0) is 10.0 Å². The van der Waals surface area contributed by atoms with Gasteiger partial charge in [0.05, 0.1) is 17.2 Å². The van der Waals surface area contributed by atoms with E-state index in [2.05, 4.69) is 16.5 Å². The van der Waals surface area contributed by atoms with Crippen LogP contribution >= 0.6 is 11.6 Å². The number of sulfonamides is 1. The van der Waals surface area contributed by atoms with Gasteiger partial charge in [0.2, 0.25) is 5.96 Å². The second kappa shape index (κ2) is 9.37. The Hall–Kier alpha value is -3.16. The minimum Gasteiger partial charge on any atom is -0.347 e. The molecule has 0 bridgehead atoms. The highest BCUT2D eigenvalue weighted by atomic mass is 35.5. The third-order valence-electron chi connectivity index (χ3n) is 5.38. The molecule has 4 rings (SSSR count). The average molecular weight is 481 g/mol. The summed E-state index contributed by atoms with van der Waals surface area (Å²) in [6, 6.07) is 24.3. The van der Waals surface area contributed by atoms with E-state index in [4.69, 9.17) is 16.7 Å². The van der Waals surface area contributed by atoms with Gasteiger partial charge >= 0.3 is 0 Å². The third kappa shape index (κ3) is 5.10. The second-order valence-corrected chi connectivity index (χ2v) is 10.2.